The van der Waals surface area contributed by atoms with Gasteiger partial charge in [0.2, 0.25) is 5.82 Å². The van der Waals surface area contributed by atoms with E-state index in [1.165, 1.54) is 0 Å². The van der Waals surface area contributed by atoms with Gasteiger partial charge in [0.25, 0.3) is 0 Å². The van der Waals surface area contributed by atoms with Gasteiger partial charge in [0.1, 0.15) is 0 Å². The summed E-state index contributed by atoms with van der Waals surface area (Å²) in [7, 11) is 0. The Kier molecular flexibility index (Phi) is 6.69. The number of rotatable bonds is 5. The second-order valence-corrected chi connectivity index (χ2v) is 8.00. The third-order valence-corrected chi connectivity index (χ3v) is 5.34. The summed E-state index contributed by atoms with van der Waals surface area (Å²) >= 11 is 3.36. The molecule has 0 atom stereocenters. The molecule has 4 nitrogen and oxygen atoms in total. The lowest BCUT2D eigenvalue weighted by Gasteiger charge is -2.10. The van der Waals surface area contributed by atoms with Crippen LogP contribution >= 0.6 is 15.9 Å². The van der Waals surface area contributed by atoms with Gasteiger partial charge in [0.15, 0.2) is 34.9 Å². The van der Waals surface area contributed by atoms with Crippen LogP contribution in [0.15, 0.2) is 70.2 Å². The molecule has 1 aromatic heterocycles. The molecule has 0 aliphatic heterocycles. The van der Waals surface area contributed by atoms with Crippen LogP contribution in [-0.4, -0.2) is 15.7 Å². The molecular weight excluding hydrogens is 519 g/mol. The van der Waals surface area contributed by atoms with Crippen LogP contribution in [0.25, 0.3) is 22.6 Å². The molecule has 0 saturated carbocycles. The average molecular weight is 533 g/mol. The molecule has 0 amide bonds. The maximum Gasteiger partial charge on any atom is 0.200 e. The van der Waals surface area contributed by atoms with E-state index in [2.05, 4.69) is 36.4 Å². The molecule has 0 bridgehead atoms. The van der Waals surface area contributed by atoms with Crippen molar-refractivity contribution in [1.29, 1.82) is 0 Å². The van der Waals surface area contributed by atoms with E-state index < -0.39 is 40.4 Å². The summed E-state index contributed by atoms with van der Waals surface area (Å²) in [5.41, 5.74) is 2.93. The lowest BCUT2D eigenvalue weighted by atomic mass is 10.1. The van der Waals surface area contributed by atoms with Gasteiger partial charge in [-0.2, -0.15) is 5.10 Å². The molecule has 1 heterocycles. The molecule has 0 aliphatic carbocycles. The Morgan fingerprint density at radius 1 is 0.765 bits per heavy atom. The highest BCUT2D eigenvalue weighted by Crippen LogP contribution is 2.26. The van der Waals surface area contributed by atoms with E-state index in [9.17, 15) is 22.0 Å². The molecule has 10 heteroatoms. The standard InChI is InChI=1S/C24H14BrF5N4/c1-12(18-19(26)21(28)23(30)22(29)20(18)27)33-34-17-11-16(13-5-3-2-4-6-13)31-24(32-17)14-7-9-15(25)10-8-14/h2-11H,1H3,(H,31,32,34)/b33-12+. The van der Waals surface area contributed by atoms with Crippen molar-refractivity contribution in [2.24, 2.45) is 5.10 Å². The Labute approximate surface area is 199 Å². The SMILES string of the molecule is C/C(=N\Nc1cc(-c2ccccc2)nc(-c2ccc(Br)cc2)n1)c1c(F)c(F)c(F)c(F)c1F. The summed E-state index contributed by atoms with van der Waals surface area (Å²) in [5.74, 6) is -9.79. The van der Waals surface area contributed by atoms with Gasteiger partial charge in [-0.25, -0.2) is 31.9 Å². The summed E-state index contributed by atoms with van der Waals surface area (Å²) in [5, 5.41) is 3.81. The molecule has 0 fully saturated rings. The molecule has 4 aromatic rings. The minimum absolute atomic E-state index is 0.148. The van der Waals surface area contributed by atoms with Gasteiger partial charge in [-0.1, -0.05) is 58.4 Å². The number of halogens is 6. The Morgan fingerprint density at radius 2 is 1.35 bits per heavy atom. The predicted molar refractivity (Wildman–Crippen MR) is 123 cm³/mol. The van der Waals surface area contributed by atoms with Crippen LogP contribution in [-0.2, 0) is 0 Å². The van der Waals surface area contributed by atoms with Crippen LogP contribution in [0.1, 0.15) is 12.5 Å². The van der Waals surface area contributed by atoms with Crippen LogP contribution in [0, 0.1) is 29.1 Å². The lowest BCUT2D eigenvalue weighted by molar-refractivity contribution is 0.377. The number of nitrogens with one attached hydrogen (secondary N) is 1. The van der Waals surface area contributed by atoms with Crippen LogP contribution in [0.5, 0.6) is 0 Å². The van der Waals surface area contributed by atoms with Crippen molar-refractivity contribution in [3.05, 3.63) is 99.8 Å². The molecule has 0 spiro atoms. The first-order valence-corrected chi connectivity index (χ1v) is 10.6. The maximum atomic E-state index is 14.1. The zero-order chi connectivity index (χ0) is 24.4. The molecule has 0 unspecified atom stereocenters. The monoisotopic (exact) mass is 532 g/mol. The first-order chi connectivity index (χ1) is 16.3. The lowest BCUT2D eigenvalue weighted by Crippen LogP contribution is -2.12. The Bertz CT molecular complexity index is 1360. The van der Waals surface area contributed by atoms with E-state index in [-0.39, 0.29) is 5.82 Å². The zero-order valence-corrected chi connectivity index (χ0v) is 19.0. The maximum absolute atomic E-state index is 14.1. The molecule has 172 valence electrons. The quantitative estimate of drug-likeness (QED) is 0.0979. The molecule has 0 aliphatic rings. The third kappa shape index (κ3) is 4.67. The van der Waals surface area contributed by atoms with Crippen LogP contribution in [0.2, 0.25) is 0 Å². The summed E-state index contributed by atoms with van der Waals surface area (Å²) in [6, 6.07) is 17.9. The highest BCUT2D eigenvalue weighted by atomic mass is 79.9. The minimum Gasteiger partial charge on any atom is -0.261 e. The van der Waals surface area contributed by atoms with Crippen molar-refractivity contribution in [3.8, 4) is 22.6 Å². The van der Waals surface area contributed by atoms with Crippen molar-refractivity contribution in [2.45, 2.75) is 6.92 Å². The van der Waals surface area contributed by atoms with E-state index >= 15 is 0 Å². The number of anilines is 1. The Balaban J connectivity index is 1.77. The van der Waals surface area contributed by atoms with Crippen LogP contribution < -0.4 is 5.43 Å². The fraction of sp³-hybridized carbons (Fsp3) is 0.0417. The largest absolute Gasteiger partial charge is 0.261 e. The van der Waals surface area contributed by atoms with Crippen LogP contribution in [0.4, 0.5) is 27.8 Å². The Hall–Kier alpha value is -3.66. The highest BCUT2D eigenvalue weighted by molar-refractivity contribution is 9.10. The van der Waals surface area contributed by atoms with Gasteiger partial charge in [0, 0.05) is 21.7 Å². The van der Waals surface area contributed by atoms with Gasteiger partial charge < -0.3 is 0 Å². The summed E-state index contributed by atoms with van der Waals surface area (Å²) < 4.78 is 69.6. The van der Waals surface area contributed by atoms with Gasteiger partial charge >= 0.3 is 0 Å². The van der Waals surface area contributed by atoms with Crippen molar-refractivity contribution < 1.29 is 22.0 Å². The first kappa shape index (κ1) is 23.5. The van der Waals surface area contributed by atoms with Gasteiger partial charge in [0.05, 0.1) is 17.0 Å². The summed E-state index contributed by atoms with van der Waals surface area (Å²) in [6.07, 6.45) is 0. The predicted octanol–water partition coefficient (Wildman–Crippen LogP) is 7.10. The van der Waals surface area contributed by atoms with E-state index in [1.807, 2.05) is 42.5 Å². The number of aromatic nitrogens is 2. The minimum atomic E-state index is -2.23. The topological polar surface area (TPSA) is 50.2 Å². The van der Waals surface area contributed by atoms with Gasteiger partial charge in [-0.05, 0) is 19.1 Å². The number of hydrogen-bond donors (Lipinski definition) is 1. The molecule has 1 N–H and O–H groups in total. The first-order valence-electron chi connectivity index (χ1n) is 9.78. The van der Waals surface area contributed by atoms with E-state index in [1.54, 1.807) is 18.2 Å². The molecule has 34 heavy (non-hydrogen) atoms. The molecule has 4 rings (SSSR count). The van der Waals surface area contributed by atoms with Gasteiger partial charge in [-0.15, -0.1) is 0 Å². The highest BCUT2D eigenvalue weighted by Gasteiger charge is 2.27. The number of hydrogen-bond acceptors (Lipinski definition) is 4. The van der Waals surface area contributed by atoms with Crippen molar-refractivity contribution >= 4 is 27.5 Å². The Morgan fingerprint density at radius 3 is 1.97 bits per heavy atom. The molecular formula is C24H14BrF5N4. The zero-order valence-electron chi connectivity index (χ0n) is 17.4. The van der Waals surface area contributed by atoms with Crippen LogP contribution in [0.3, 0.4) is 0 Å². The fourth-order valence-electron chi connectivity index (χ4n) is 3.11. The van der Waals surface area contributed by atoms with E-state index in [0.717, 1.165) is 17.0 Å². The van der Waals surface area contributed by atoms with Crippen molar-refractivity contribution in [3.63, 3.8) is 0 Å². The molecule has 0 radical (unpaired) electrons. The summed E-state index contributed by atoms with van der Waals surface area (Å²) in [4.78, 5) is 8.95. The second kappa shape index (κ2) is 9.68. The van der Waals surface area contributed by atoms with Gasteiger partial charge in [-0.3, -0.25) is 5.43 Å². The number of benzene rings is 3. The van der Waals surface area contributed by atoms with Crippen molar-refractivity contribution in [1.82, 2.24) is 9.97 Å². The smallest absolute Gasteiger partial charge is 0.200 e. The summed E-state index contributed by atoms with van der Waals surface area (Å²) in [6.45, 7) is 1.11. The van der Waals surface area contributed by atoms with E-state index in [0.29, 0.717) is 17.1 Å². The average Bonchev–Trinajstić information content (AvgIpc) is 2.86. The van der Waals surface area contributed by atoms with E-state index in [4.69, 9.17) is 0 Å². The van der Waals surface area contributed by atoms with Crippen molar-refractivity contribution in [2.75, 3.05) is 5.43 Å². The number of nitrogens with zero attached hydrogens (tertiary/aromatic N) is 3. The fourth-order valence-corrected chi connectivity index (χ4v) is 3.37. The second-order valence-electron chi connectivity index (χ2n) is 7.09. The molecule has 3 aromatic carbocycles. The molecule has 0 saturated heterocycles. The normalized spacial score (nSPS) is 11.6. The third-order valence-electron chi connectivity index (χ3n) is 4.81. The number of hydrazone groups is 1.